The Morgan fingerprint density at radius 1 is 0.977 bits per heavy atom. The Balaban J connectivity index is 0.000000657. The number of aldehydes is 1. The third kappa shape index (κ3) is 8.12. The van der Waals surface area contributed by atoms with Gasteiger partial charge in [0.25, 0.3) is 0 Å². The van der Waals surface area contributed by atoms with Crippen molar-refractivity contribution in [2.45, 2.75) is 43.7 Å². The molecule has 44 heavy (non-hydrogen) atoms. The van der Waals surface area contributed by atoms with Crippen molar-refractivity contribution in [3.63, 3.8) is 0 Å². The Bertz CT molecular complexity index is 1420. The first-order valence-electron chi connectivity index (χ1n) is 14.1. The SMILES string of the molecule is O=CCC[C@H](C(=O)NCc1cccc(C(F)(F)F)c1)N1C(=O)C(N2CCOC2=O)C1/C=C/c1ccccc1.c1ccccc1. The largest absolute Gasteiger partial charge is 0.448 e. The topological polar surface area (TPSA) is 96.0 Å². The number of halogens is 3. The number of carbonyl (C=O) groups is 4. The van der Waals surface area contributed by atoms with Crippen molar-refractivity contribution in [2.75, 3.05) is 13.2 Å². The van der Waals surface area contributed by atoms with Gasteiger partial charge in [-0.3, -0.25) is 14.5 Å². The van der Waals surface area contributed by atoms with E-state index in [4.69, 9.17) is 4.74 Å². The molecule has 3 atom stereocenters. The molecule has 0 aromatic heterocycles. The smallest absolute Gasteiger partial charge is 0.416 e. The lowest BCUT2D eigenvalue weighted by Crippen LogP contribution is -2.74. The van der Waals surface area contributed by atoms with Crippen LogP contribution in [0.1, 0.15) is 29.5 Å². The van der Waals surface area contributed by atoms with Crippen LogP contribution in [0.3, 0.4) is 0 Å². The van der Waals surface area contributed by atoms with Crippen LogP contribution in [0.15, 0.2) is 97.1 Å². The van der Waals surface area contributed by atoms with Crippen LogP contribution in [0.25, 0.3) is 6.08 Å². The van der Waals surface area contributed by atoms with E-state index in [1.807, 2.05) is 66.7 Å². The fourth-order valence-electron chi connectivity index (χ4n) is 5.00. The first-order valence-corrected chi connectivity index (χ1v) is 14.1. The number of ether oxygens (including phenoxy) is 1. The molecule has 5 rings (SSSR count). The van der Waals surface area contributed by atoms with Gasteiger partial charge in [-0.25, -0.2) is 4.79 Å². The second kappa shape index (κ2) is 15.0. The van der Waals surface area contributed by atoms with Crippen molar-refractivity contribution in [3.05, 3.63) is 114 Å². The van der Waals surface area contributed by atoms with E-state index in [0.29, 0.717) is 6.29 Å². The Labute approximate surface area is 253 Å². The number of benzene rings is 3. The third-order valence-electron chi connectivity index (χ3n) is 7.15. The first kappa shape index (κ1) is 32.0. The van der Waals surface area contributed by atoms with Crippen LogP contribution in [0, 0.1) is 0 Å². The van der Waals surface area contributed by atoms with E-state index >= 15 is 0 Å². The van der Waals surface area contributed by atoms with E-state index in [0.717, 1.165) is 17.7 Å². The molecule has 2 aliphatic rings. The van der Waals surface area contributed by atoms with Crippen LogP contribution in [0.4, 0.5) is 18.0 Å². The maximum atomic E-state index is 13.3. The van der Waals surface area contributed by atoms with E-state index in [9.17, 15) is 32.3 Å². The number of hydrogen-bond donors (Lipinski definition) is 1. The summed E-state index contributed by atoms with van der Waals surface area (Å²) in [5, 5.41) is 2.60. The lowest BCUT2D eigenvalue weighted by molar-refractivity contribution is -0.162. The molecule has 0 bridgehead atoms. The van der Waals surface area contributed by atoms with Crippen molar-refractivity contribution in [3.8, 4) is 0 Å². The molecular formula is C33H32F3N3O5. The molecule has 2 aliphatic heterocycles. The summed E-state index contributed by atoms with van der Waals surface area (Å²) >= 11 is 0. The van der Waals surface area contributed by atoms with Crippen molar-refractivity contribution in [1.82, 2.24) is 15.1 Å². The number of cyclic esters (lactones) is 1. The van der Waals surface area contributed by atoms with Gasteiger partial charge in [-0.2, -0.15) is 13.2 Å². The third-order valence-corrected chi connectivity index (χ3v) is 7.15. The predicted molar refractivity (Wildman–Crippen MR) is 157 cm³/mol. The lowest BCUT2D eigenvalue weighted by atomic mass is 9.88. The molecule has 3 aromatic rings. The summed E-state index contributed by atoms with van der Waals surface area (Å²) in [7, 11) is 0. The number of rotatable bonds is 10. The summed E-state index contributed by atoms with van der Waals surface area (Å²) in [6, 6.07) is 23.2. The summed E-state index contributed by atoms with van der Waals surface area (Å²) < 4.78 is 44.2. The average molecular weight is 608 g/mol. The molecule has 0 saturated carbocycles. The molecule has 2 unspecified atom stereocenters. The molecule has 230 valence electrons. The number of carbonyl (C=O) groups excluding carboxylic acids is 4. The molecule has 2 saturated heterocycles. The van der Waals surface area contributed by atoms with Gasteiger partial charge in [-0.05, 0) is 29.7 Å². The predicted octanol–water partition coefficient (Wildman–Crippen LogP) is 5.10. The minimum atomic E-state index is -4.53. The standard InChI is InChI=1S/C27H26F3N3O5.C6H6/c28-27(29,30)20-9-4-8-19(16-20)17-31-24(35)22(10-5-14-34)33-21(12-11-18-6-2-1-3-7-18)23(25(33)36)32-13-15-38-26(32)37;1-2-4-6-5-3-1/h1-4,6-9,11-12,14,16,21-23H,5,10,13,15,17H2,(H,31,35);1-6H/b12-11+;/t21?,22-,23?;/m1./s1. The van der Waals surface area contributed by atoms with Crippen LogP contribution in [0.2, 0.25) is 0 Å². The zero-order valence-corrected chi connectivity index (χ0v) is 23.7. The van der Waals surface area contributed by atoms with Gasteiger partial charge in [0.2, 0.25) is 11.8 Å². The fourth-order valence-corrected chi connectivity index (χ4v) is 5.00. The lowest BCUT2D eigenvalue weighted by Gasteiger charge is -2.51. The summed E-state index contributed by atoms with van der Waals surface area (Å²) in [6.07, 6.45) is -1.04. The van der Waals surface area contributed by atoms with E-state index in [-0.39, 0.29) is 38.1 Å². The van der Waals surface area contributed by atoms with E-state index in [2.05, 4.69) is 5.32 Å². The van der Waals surface area contributed by atoms with Crippen LogP contribution < -0.4 is 5.32 Å². The highest BCUT2D eigenvalue weighted by molar-refractivity contribution is 5.98. The molecule has 1 N–H and O–H groups in total. The molecule has 0 aliphatic carbocycles. The highest BCUT2D eigenvalue weighted by Crippen LogP contribution is 2.33. The van der Waals surface area contributed by atoms with E-state index in [1.165, 1.54) is 21.9 Å². The molecule has 11 heteroatoms. The zero-order valence-electron chi connectivity index (χ0n) is 23.7. The summed E-state index contributed by atoms with van der Waals surface area (Å²) in [4.78, 5) is 52.5. The van der Waals surface area contributed by atoms with Crippen LogP contribution in [-0.4, -0.2) is 65.3 Å². The highest BCUT2D eigenvalue weighted by atomic mass is 19.4. The van der Waals surface area contributed by atoms with Crippen molar-refractivity contribution in [2.24, 2.45) is 0 Å². The second-order valence-corrected chi connectivity index (χ2v) is 10.1. The molecule has 0 radical (unpaired) electrons. The minimum absolute atomic E-state index is 0.0104. The molecule has 3 amide bonds. The number of alkyl halides is 3. The molecule has 2 heterocycles. The monoisotopic (exact) mass is 607 g/mol. The van der Waals surface area contributed by atoms with Crippen LogP contribution in [0.5, 0.6) is 0 Å². The molecule has 8 nitrogen and oxygen atoms in total. The van der Waals surface area contributed by atoms with Crippen LogP contribution in [-0.2, 0) is 31.8 Å². The highest BCUT2D eigenvalue weighted by Gasteiger charge is 2.55. The molecular weight excluding hydrogens is 575 g/mol. The molecule has 2 fully saturated rings. The number of amides is 3. The molecule has 3 aromatic carbocycles. The summed E-state index contributed by atoms with van der Waals surface area (Å²) in [6.45, 7) is 0.165. The van der Waals surface area contributed by atoms with Gasteiger partial charge in [-0.1, -0.05) is 91.0 Å². The van der Waals surface area contributed by atoms with E-state index < -0.39 is 47.8 Å². The maximum absolute atomic E-state index is 13.3. The van der Waals surface area contributed by atoms with Crippen LogP contribution >= 0.6 is 0 Å². The average Bonchev–Trinajstić information content (AvgIpc) is 3.45. The van der Waals surface area contributed by atoms with Gasteiger partial charge in [0.1, 0.15) is 25.0 Å². The number of nitrogens with one attached hydrogen (secondary N) is 1. The van der Waals surface area contributed by atoms with Crippen molar-refractivity contribution >= 4 is 30.3 Å². The van der Waals surface area contributed by atoms with Gasteiger partial charge in [0, 0.05) is 13.0 Å². The van der Waals surface area contributed by atoms with Gasteiger partial charge >= 0.3 is 12.3 Å². The second-order valence-electron chi connectivity index (χ2n) is 10.1. The normalized spacial score (nSPS) is 18.6. The van der Waals surface area contributed by atoms with Gasteiger partial charge in [-0.15, -0.1) is 0 Å². The van der Waals surface area contributed by atoms with Gasteiger partial charge in [0.05, 0.1) is 18.2 Å². The Morgan fingerprint density at radius 3 is 2.23 bits per heavy atom. The summed E-state index contributed by atoms with van der Waals surface area (Å²) in [5.41, 5.74) is 0.231. The molecule has 0 spiro atoms. The maximum Gasteiger partial charge on any atom is 0.416 e. The minimum Gasteiger partial charge on any atom is -0.448 e. The van der Waals surface area contributed by atoms with E-state index in [1.54, 1.807) is 12.2 Å². The number of hydrogen-bond acceptors (Lipinski definition) is 5. The number of likely N-dealkylation sites (tertiary alicyclic amines) is 1. The quantitative estimate of drug-likeness (QED) is 0.256. The first-order chi connectivity index (χ1) is 21.2. The Morgan fingerprint density at radius 2 is 1.64 bits per heavy atom. The Hall–Kier alpha value is -4.93. The fraction of sp³-hybridized carbons (Fsp3) is 0.273. The van der Waals surface area contributed by atoms with Gasteiger partial charge in [0.15, 0.2) is 0 Å². The van der Waals surface area contributed by atoms with Gasteiger partial charge < -0.3 is 19.7 Å². The number of β-lactam (4-membered cyclic amide) rings is 1. The Kier molecular flexibility index (Phi) is 10.9. The van der Waals surface area contributed by atoms with Crippen molar-refractivity contribution in [1.29, 1.82) is 0 Å². The van der Waals surface area contributed by atoms with Crippen molar-refractivity contribution < 1.29 is 37.1 Å². The summed E-state index contributed by atoms with van der Waals surface area (Å²) in [5.74, 6) is -1.09. The zero-order chi connectivity index (χ0) is 31.5. The number of nitrogens with zero attached hydrogens (tertiary/aromatic N) is 2.